The van der Waals surface area contributed by atoms with Gasteiger partial charge in [0.15, 0.2) is 0 Å². The zero-order valence-electron chi connectivity index (χ0n) is 8.66. The Kier molecular flexibility index (Phi) is 3.46. The van der Waals surface area contributed by atoms with Crippen LogP contribution in [0.1, 0.15) is 15.9 Å². The highest BCUT2D eigenvalue weighted by Gasteiger charge is 2.10. The van der Waals surface area contributed by atoms with E-state index in [1.807, 2.05) is 30.3 Å². The van der Waals surface area contributed by atoms with Crippen LogP contribution in [0.2, 0.25) is 0 Å². The molecule has 0 atom stereocenters. The Morgan fingerprint density at radius 2 is 2.07 bits per heavy atom. The van der Waals surface area contributed by atoms with Gasteiger partial charge in [-0.25, -0.2) is 0 Å². The van der Waals surface area contributed by atoms with Gasteiger partial charge in [0, 0.05) is 19.7 Å². The van der Waals surface area contributed by atoms with Gasteiger partial charge in [-0.2, -0.15) is 0 Å². The number of rotatable bonds is 3. The van der Waals surface area contributed by atoms with Crippen LogP contribution in [0.25, 0.3) is 0 Å². The van der Waals surface area contributed by atoms with E-state index in [4.69, 9.17) is 0 Å². The van der Waals surface area contributed by atoms with Gasteiger partial charge in [0.25, 0.3) is 5.91 Å². The van der Waals surface area contributed by atoms with Crippen LogP contribution < -0.4 is 0 Å². The normalized spacial score (nSPS) is 9.57. The quantitative estimate of drug-likeness (QED) is 0.667. The molecule has 74 valence electrons. The first kappa shape index (κ1) is 10.5. The predicted octanol–water partition coefficient (Wildman–Crippen LogP) is 2.12. The summed E-state index contributed by atoms with van der Waals surface area (Å²) < 4.78 is 0. The second-order valence-electron chi connectivity index (χ2n) is 3.35. The molecule has 0 saturated heterocycles. The summed E-state index contributed by atoms with van der Waals surface area (Å²) in [5, 5.41) is 0. The standard InChI is InChI=1S/C12H15NO/c1-4-7-10-8-5-6-9-11(10)12(14)13(2)3/h4-6,8-9H,1,7H2,2-3H3. The van der Waals surface area contributed by atoms with Crippen LogP contribution in [0.4, 0.5) is 0 Å². The van der Waals surface area contributed by atoms with Crippen molar-refractivity contribution in [1.82, 2.24) is 4.90 Å². The fourth-order valence-electron chi connectivity index (χ4n) is 1.30. The maximum Gasteiger partial charge on any atom is 0.253 e. The average molecular weight is 189 g/mol. The van der Waals surface area contributed by atoms with Crippen molar-refractivity contribution in [2.75, 3.05) is 14.1 Å². The molecule has 0 saturated carbocycles. The predicted molar refractivity (Wildman–Crippen MR) is 58.4 cm³/mol. The molecule has 0 aliphatic rings. The zero-order chi connectivity index (χ0) is 10.6. The van der Waals surface area contributed by atoms with E-state index in [2.05, 4.69) is 6.58 Å². The lowest BCUT2D eigenvalue weighted by Crippen LogP contribution is -2.22. The summed E-state index contributed by atoms with van der Waals surface area (Å²) in [6.07, 6.45) is 2.54. The number of carbonyl (C=O) groups excluding carboxylic acids is 1. The molecule has 0 aromatic heterocycles. The van der Waals surface area contributed by atoms with Crippen LogP contribution in [0, 0.1) is 0 Å². The minimum Gasteiger partial charge on any atom is -0.345 e. The SMILES string of the molecule is C=CCc1ccccc1C(=O)N(C)C. The lowest BCUT2D eigenvalue weighted by atomic mass is 10.0. The summed E-state index contributed by atoms with van der Waals surface area (Å²) in [6, 6.07) is 7.62. The van der Waals surface area contributed by atoms with E-state index in [9.17, 15) is 4.79 Å². The van der Waals surface area contributed by atoms with Gasteiger partial charge in [-0.3, -0.25) is 4.79 Å². The Hall–Kier alpha value is -1.57. The first-order valence-electron chi connectivity index (χ1n) is 4.57. The fraction of sp³-hybridized carbons (Fsp3) is 0.250. The second kappa shape index (κ2) is 4.61. The minimum atomic E-state index is 0.0439. The number of carbonyl (C=O) groups is 1. The van der Waals surface area contributed by atoms with Crippen molar-refractivity contribution in [3.8, 4) is 0 Å². The van der Waals surface area contributed by atoms with Gasteiger partial charge < -0.3 is 4.90 Å². The lowest BCUT2D eigenvalue weighted by molar-refractivity contribution is 0.0826. The molecule has 0 heterocycles. The summed E-state index contributed by atoms with van der Waals surface area (Å²) in [7, 11) is 3.51. The second-order valence-corrected chi connectivity index (χ2v) is 3.35. The highest BCUT2D eigenvalue weighted by atomic mass is 16.2. The topological polar surface area (TPSA) is 20.3 Å². The molecule has 1 rings (SSSR count). The Balaban J connectivity index is 3.06. The molecule has 14 heavy (non-hydrogen) atoms. The first-order valence-corrected chi connectivity index (χ1v) is 4.57. The van der Waals surface area contributed by atoms with E-state index in [-0.39, 0.29) is 5.91 Å². The first-order chi connectivity index (χ1) is 6.66. The zero-order valence-corrected chi connectivity index (χ0v) is 8.66. The highest BCUT2D eigenvalue weighted by molar-refractivity contribution is 5.95. The van der Waals surface area contributed by atoms with Crippen LogP contribution in [0.5, 0.6) is 0 Å². The Bertz CT molecular complexity index is 342. The van der Waals surface area contributed by atoms with Crippen LogP contribution in [-0.4, -0.2) is 24.9 Å². The van der Waals surface area contributed by atoms with Crippen LogP contribution in [0.15, 0.2) is 36.9 Å². The van der Waals surface area contributed by atoms with E-state index in [1.165, 1.54) is 0 Å². The summed E-state index contributed by atoms with van der Waals surface area (Å²) in [6.45, 7) is 3.68. The number of benzene rings is 1. The lowest BCUT2D eigenvalue weighted by Gasteiger charge is -2.12. The molecule has 2 heteroatoms. The van der Waals surface area contributed by atoms with Gasteiger partial charge in [-0.1, -0.05) is 24.3 Å². The summed E-state index contributed by atoms with van der Waals surface area (Å²) >= 11 is 0. The molecule has 0 unspecified atom stereocenters. The van der Waals surface area contributed by atoms with Crippen molar-refractivity contribution in [2.24, 2.45) is 0 Å². The van der Waals surface area contributed by atoms with Crippen molar-refractivity contribution in [1.29, 1.82) is 0 Å². The number of amides is 1. The maximum absolute atomic E-state index is 11.7. The van der Waals surface area contributed by atoms with Crippen molar-refractivity contribution >= 4 is 5.91 Å². The average Bonchev–Trinajstić information content (AvgIpc) is 2.18. The summed E-state index contributed by atoms with van der Waals surface area (Å²) in [5.74, 6) is 0.0439. The Labute approximate surface area is 84.9 Å². The van der Waals surface area contributed by atoms with E-state index in [1.54, 1.807) is 19.0 Å². The number of hydrogen-bond donors (Lipinski definition) is 0. The van der Waals surface area contributed by atoms with Gasteiger partial charge in [0.05, 0.1) is 0 Å². The molecule has 2 nitrogen and oxygen atoms in total. The molecule has 1 aromatic rings. The molecule has 1 aromatic carbocycles. The molecule has 0 fully saturated rings. The third-order valence-electron chi connectivity index (χ3n) is 2.02. The highest BCUT2D eigenvalue weighted by Crippen LogP contribution is 2.11. The van der Waals surface area contributed by atoms with E-state index in [0.717, 1.165) is 17.5 Å². The number of allylic oxidation sites excluding steroid dienone is 1. The summed E-state index contributed by atoms with van der Waals surface area (Å²) in [5.41, 5.74) is 1.79. The number of hydrogen-bond acceptors (Lipinski definition) is 1. The monoisotopic (exact) mass is 189 g/mol. The number of nitrogens with zero attached hydrogens (tertiary/aromatic N) is 1. The van der Waals surface area contributed by atoms with Crippen molar-refractivity contribution < 1.29 is 4.79 Å². The van der Waals surface area contributed by atoms with Crippen LogP contribution >= 0.6 is 0 Å². The third kappa shape index (κ3) is 2.22. The molecule has 0 spiro atoms. The molecule has 0 bridgehead atoms. The molecular weight excluding hydrogens is 174 g/mol. The van der Waals surface area contributed by atoms with Crippen LogP contribution in [0.3, 0.4) is 0 Å². The van der Waals surface area contributed by atoms with Gasteiger partial charge in [-0.05, 0) is 18.1 Å². The Morgan fingerprint density at radius 1 is 1.43 bits per heavy atom. The molecular formula is C12H15NO. The summed E-state index contributed by atoms with van der Waals surface area (Å²) in [4.78, 5) is 13.3. The van der Waals surface area contributed by atoms with E-state index >= 15 is 0 Å². The smallest absolute Gasteiger partial charge is 0.253 e. The third-order valence-corrected chi connectivity index (χ3v) is 2.02. The van der Waals surface area contributed by atoms with Crippen molar-refractivity contribution in [2.45, 2.75) is 6.42 Å². The minimum absolute atomic E-state index is 0.0439. The van der Waals surface area contributed by atoms with E-state index < -0.39 is 0 Å². The molecule has 0 radical (unpaired) electrons. The van der Waals surface area contributed by atoms with E-state index in [0.29, 0.717) is 0 Å². The maximum atomic E-state index is 11.7. The van der Waals surface area contributed by atoms with Crippen molar-refractivity contribution in [3.63, 3.8) is 0 Å². The molecule has 0 N–H and O–H groups in total. The largest absolute Gasteiger partial charge is 0.345 e. The molecule has 0 aliphatic heterocycles. The van der Waals surface area contributed by atoms with Crippen molar-refractivity contribution in [3.05, 3.63) is 48.0 Å². The van der Waals surface area contributed by atoms with Gasteiger partial charge in [0.1, 0.15) is 0 Å². The molecule has 1 amide bonds. The van der Waals surface area contributed by atoms with Gasteiger partial charge in [0.2, 0.25) is 0 Å². The fourth-order valence-corrected chi connectivity index (χ4v) is 1.30. The van der Waals surface area contributed by atoms with Gasteiger partial charge >= 0.3 is 0 Å². The molecule has 0 aliphatic carbocycles. The Morgan fingerprint density at radius 3 is 2.64 bits per heavy atom. The van der Waals surface area contributed by atoms with Gasteiger partial charge in [-0.15, -0.1) is 6.58 Å². The van der Waals surface area contributed by atoms with Crippen LogP contribution in [-0.2, 0) is 6.42 Å².